The highest BCUT2D eigenvalue weighted by atomic mass is 28.4. The Kier molecular flexibility index (Phi) is 12.5. The highest BCUT2D eigenvalue weighted by Crippen LogP contribution is 2.40. The van der Waals surface area contributed by atoms with E-state index in [1.165, 1.54) is 89.7 Å². The Morgan fingerprint density at radius 3 is 1.94 bits per heavy atom. The molecule has 36 heavy (non-hydrogen) atoms. The molecular formula is C28H44O7Si. The van der Waals surface area contributed by atoms with Crippen molar-refractivity contribution in [3.63, 3.8) is 0 Å². The topological polar surface area (TPSA) is 88.1 Å². The van der Waals surface area contributed by atoms with E-state index in [0.29, 0.717) is 24.9 Å². The van der Waals surface area contributed by atoms with Crippen LogP contribution >= 0.6 is 0 Å². The van der Waals surface area contributed by atoms with Gasteiger partial charge in [0.25, 0.3) is 17.9 Å². The maximum absolute atomic E-state index is 11.7. The third-order valence-corrected chi connectivity index (χ3v) is 9.37. The van der Waals surface area contributed by atoms with Gasteiger partial charge in [-0.05, 0) is 61.1 Å². The van der Waals surface area contributed by atoms with Crippen LogP contribution in [0.3, 0.4) is 0 Å². The second-order valence-electron chi connectivity index (χ2n) is 9.82. The molecule has 0 aromatic heterocycles. The third-order valence-electron chi connectivity index (χ3n) is 6.61. The van der Waals surface area contributed by atoms with Crippen molar-refractivity contribution >= 4 is 26.7 Å². The SMILES string of the molecule is CCCC(CCC)c1ccc(OCCC[Si](OC(C)=O)(OC(C)=O)OC(C)=O)c(C2CCCCC2)c1. The van der Waals surface area contributed by atoms with Crippen molar-refractivity contribution in [2.24, 2.45) is 0 Å². The molecule has 1 aromatic carbocycles. The summed E-state index contributed by atoms with van der Waals surface area (Å²) in [6.07, 6.45) is 11.2. The zero-order valence-electron chi connectivity index (χ0n) is 22.7. The summed E-state index contributed by atoms with van der Waals surface area (Å²) in [5.41, 5.74) is 2.69. The molecule has 0 radical (unpaired) electrons. The molecule has 7 nitrogen and oxygen atoms in total. The van der Waals surface area contributed by atoms with E-state index in [-0.39, 0.29) is 6.04 Å². The van der Waals surface area contributed by atoms with Gasteiger partial charge in [0, 0.05) is 20.8 Å². The molecule has 0 amide bonds. The van der Waals surface area contributed by atoms with Crippen molar-refractivity contribution in [3.8, 4) is 5.75 Å². The van der Waals surface area contributed by atoms with Crippen molar-refractivity contribution in [2.75, 3.05) is 6.61 Å². The average molecular weight is 521 g/mol. The minimum atomic E-state index is -3.84. The highest BCUT2D eigenvalue weighted by molar-refractivity contribution is 6.65. The first-order valence-corrected chi connectivity index (χ1v) is 15.5. The number of benzene rings is 1. The zero-order valence-corrected chi connectivity index (χ0v) is 23.7. The molecule has 0 spiro atoms. The fraction of sp³-hybridized carbons (Fsp3) is 0.679. The molecule has 0 atom stereocenters. The lowest BCUT2D eigenvalue weighted by atomic mass is 9.81. The predicted molar refractivity (Wildman–Crippen MR) is 141 cm³/mol. The Hall–Kier alpha value is -2.35. The van der Waals surface area contributed by atoms with E-state index in [0.717, 1.165) is 5.75 Å². The number of hydrogen-bond donors (Lipinski definition) is 0. The lowest BCUT2D eigenvalue weighted by Crippen LogP contribution is -2.49. The number of carbonyl (C=O) groups excluding carboxylic acids is 3. The number of ether oxygens (including phenoxy) is 1. The average Bonchev–Trinajstić information content (AvgIpc) is 2.81. The molecule has 202 valence electrons. The Bertz CT molecular complexity index is 817. The maximum Gasteiger partial charge on any atom is 0.705 e. The van der Waals surface area contributed by atoms with E-state index in [2.05, 4.69) is 32.0 Å². The first-order chi connectivity index (χ1) is 17.2. The van der Waals surface area contributed by atoms with Gasteiger partial charge in [0.15, 0.2) is 0 Å². The summed E-state index contributed by atoms with van der Waals surface area (Å²) >= 11 is 0. The zero-order chi connectivity index (χ0) is 26.6. The van der Waals surface area contributed by atoms with Gasteiger partial charge in [-0.2, -0.15) is 0 Å². The Morgan fingerprint density at radius 2 is 1.44 bits per heavy atom. The maximum atomic E-state index is 11.7. The van der Waals surface area contributed by atoms with Crippen LogP contribution in [0.1, 0.15) is 122 Å². The Morgan fingerprint density at radius 1 is 0.889 bits per heavy atom. The largest absolute Gasteiger partial charge is 0.705 e. The fourth-order valence-electron chi connectivity index (χ4n) is 5.20. The highest BCUT2D eigenvalue weighted by Gasteiger charge is 2.51. The van der Waals surface area contributed by atoms with Gasteiger partial charge < -0.3 is 18.0 Å². The van der Waals surface area contributed by atoms with Crippen LogP contribution in [-0.4, -0.2) is 33.3 Å². The summed E-state index contributed by atoms with van der Waals surface area (Å²) in [6.45, 7) is 8.42. The van der Waals surface area contributed by atoms with Crippen molar-refractivity contribution in [1.82, 2.24) is 0 Å². The van der Waals surface area contributed by atoms with E-state index < -0.39 is 26.7 Å². The number of carbonyl (C=O) groups is 3. The van der Waals surface area contributed by atoms with Crippen molar-refractivity contribution in [3.05, 3.63) is 29.3 Å². The molecule has 1 aliphatic rings. The Balaban J connectivity index is 2.19. The van der Waals surface area contributed by atoms with Gasteiger partial charge in [0.1, 0.15) is 5.75 Å². The fourth-order valence-corrected chi connectivity index (χ4v) is 7.53. The lowest BCUT2D eigenvalue weighted by molar-refractivity contribution is -0.147. The first kappa shape index (κ1) is 29.9. The minimum Gasteiger partial charge on any atom is -0.493 e. The monoisotopic (exact) mass is 520 g/mol. The van der Waals surface area contributed by atoms with Gasteiger partial charge in [-0.25, -0.2) is 0 Å². The van der Waals surface area contributed by atoms with Crippen LogP contribution in [0.25, 0.3) is 0 Å². The molecule has 0 bridgehead atoms. The molecule has 1 aromatic rings. The van der Waals surface area contributed by atoms with Crippen molar-refractivity contribution in [1.29, 1.82) is 0 Å². The molecule has 1 saturated carbocycles. The predicted octanol–water partition coefficient (Wildman–Crippen LogP) is 6.82. The third kappa shape index (κ3) is 9.60. The summed E-state index contributed by atoms with van der Waals surface area (Å²) in [6, 6.07) is 6.79. The standard InChI is InChI=1S/C28H44O7Si/c1-6-12-24(13-7-2)26-16-17-28(27(20-26)25-14-9-8-10-15-25)32-18-11-19-36(33-21(3)29,34-22(4)30)35-23(5)31/h16-17,20,24-25H,6-15,18-19H2,1-5H3. The van der Waals surface area contributed by atoms with Crippen LogP contribution in [0.15, 0.2) is 18.2 Å². The molecule has 8 heteroatoms. The van der Waals surface area contributed by atoms with Gasteiger partial charge in [0.05, 0.1) is 12.7 Å². The molecule has 0 N–H and O–H groups in total. The second kappa shape index (κ2) is 15.0. The molecule has 0 aliphatic heterocycles. The summed E-state index contributed by atoms with van der Waals surface area (Å²) in [5, 5.41) is 0. The summed E-state index contributed by atoms with van der Waals surface area (Å²) in [7, 11) is -3.84. The van der Waals surface area contributed by atoms with E-state index >= 15 is 0 Å². The molecule has 2 rings (SSSR count). The summed E-state index contributed by atoms with van der Waals surface area (Å²) in [5.74, 6) is -0.0255. The van der Waals surface area contributed by atoms with Crippen LogP contribution in [-0.2, 0) is 27.7 Å². The van der Waals surface area contributed by atoms with Gasteiger partial charge in [-0.15, -0.1) is 0 Å². The van der Waals surface area contributed by atoms with E-state index in [4.69, 9.17) is 18.0 Å². The normalized spacial score (nSPS) is 14.4. The van der Waals surface area contributed by atoms with Gasteiger partial charge in [-0.3, -0.25) is 14.4 Å². The molecule has 0 heterocycles. The van der Waals surface area contributed by atoms with Gasteiger partial charge in [-0.1, -0.05) is 58.1 Å². The van der Waals surface area contributed by atoms with E-state index in [9.17, 15) is 14.4 Å². The summed E-state index contributed by atoms with van der Waals surface area (Å²) in [4.78, 5) is 35.0. The molecular weight excluding hydrogens is 476 g/mol. The first-order valence-electron chi connectivity index (χ1n) is 13.5. The van der Waals surface area contributed by atoms with Crippen LogP contribution in [0, 0.1) is 0 Å². The smallest absolute Gasteiger partial charge is 0.493 e. The molecule has 1 aliphatic carbocycles. The quantitative estimate of drug-likeness (QED) is 0.196. The van der Waals surface area contributed by atoms with Crippen LogP contribution in [0.4, 0.5) is 0 Å². The van der Waals surface area contributed by atoms with Crippen LogP contribution < -0.4 is 4.74 Å². The van der Waals surface area contributed by atoms with Gasteiger partial charge >= 0.3 is 8.80 Å². The van der Waals surface area contributed by atoms with Crippen molar-refractivity contribution in [2.45, 2.75) is 117 Å². The second-order valence-corrected chi connectivity index (χ2v) is 12.3. The van der Waals surface area contributed by atoms with Crippen LogP contribution in [0.2, 0.25) is 6.04 Å². The minimum absolute atomic E-state index is 0.109. The molecule has 1 fully saturated rings. The van der Waals surface area contributed by atoms with Crippen LogP contribution in [0.5, 0.6) is 5.75 Å². The molecule has 0 saturated heterocycles. The van der Waals surface area contributed by atoms with E-state index in [1.54, 1.807) is 0 Å². The number of rotatable bonds is 14. The molecule has 0 unspecified atom stereocenters. The lowest BCUT2D eigenvalue weighted by Gasteiger charge is -2.27. The van der Waals surface area contributed by atoms with Gasteiger partial charge in [0.2, 0.25) is 0 Å². The number of hydrogen-bond acceptors (Lipinski definition) is 7. The summed E-state index contributed by atoms with van der Waals surface area (Å²) < 4.78 is 22.1. The van der Waals surface area contributed by atoms with E-state index in [1.807, 2.05) is 0 Å². The van der Waals surface area contributed by atoms with Crippen molar-refractivity contribution < 1.29 is 32.4 Å². The Labute approximate surface area is 217 Å².